The van der Waals surface area contributed by atoms with Gasteiger partial charge in [-0.2, -0.15) is 0 Å². The second-order valence-electron chi connectivity index (χ2n) is 2.43. The van der Waals surface area contributed by atoms with Gasteiger partial charge in [-0.3, -0.25) is 0 Å². The maximum atomic E-state index is 11.4. The van der Waals surface area contributed by atoms with E-state index in [1.807, 2.05) is 12.3 Å². The Balaban J connectivity index is 3.32. The van der Waals surface area contributed by atoms with Crippen LogP contribution in [0.15, 0.2) is 21.5 Å². The number of halogens is 2. The van der Waals surface area contributed by atoms with Crippen molar-refractivity contribution >= 4 is 45.3 Å². The molecule has 0 saturated heterocycles. The zero-order chi connectivity index (χ0) is 10.7. The number of methoxy groups -OCH3 is 1. The van der Waals surface area contributed by atoms with Crippen LogP contribution in [0.3, 0.4) is 0 Å². The lowest BCUT2D eigenvalue weighted by Gasteiger charge is -2.08. The van der Waals surface area contributed by atoms with Crippen molar-refractivity contribution in [3.05, 3.63) is 27.2 Å². The first kappa shape index (κ1) is 11.9. The van der Waals surface area contributed by atoms with Crippen molar-refractivity contribution in [1.29, 1.82) is 0 Å². The van der Waals surface area contributed by atoms with E-state index in [-0.39, 0.29) is 0 Å². The molecule has 0 heterocycles. The summed E-state index contributed by atoms with van der Waals surface area (Å²) in [4.78, 5) is 12.3. The molecule has 0 bridgehead atoms. The molecule has 1 aromatic rings. The smallest absolute Gasteiger partial charge is 0.340 e. The van der Waals surface area contributed by atoms with Gasteiger partial charge in [0.25, 0.3) is 0 Å². The molecule has 1 aromatic carbocycles. The third-order valence-corrected chi connectivity index (χ3v) is 3.85. The molecule has 1 rings (SSSR count). The van der Waals surface area contributed by atoms with E-state index in [4.69, 9.17) is 11.6 Å². The van der Waals surface area contributed by atoms with Gasteiger partial charge in [0.15, 0.2) is 0 Å². The van der Waals surface area contributed by atoms with E-state index >= 15 is 0 Å². The van der Waals surface area contributed by atoms with Gasteiger partial charge in [0, 0.05) is 9.37 Å². The van der Waals surface area contributed by atoms with Crippen molar-refractivity contribution in [3.8, 4) is 0 Å². The highest BCUT2D eigenvalue weighted by Crippen LogP contribution is 2.33. The number of hydrogen-bond donors (Lipinski definition) is 0. The van der Waals surface area contributed by atoms with Crippen LogP contribution in [0.25, 0.3) is 0 Å². The molecular formula is C9H8BrClO2S. The predicted molar refractivity (Wildman–Crippen MR) is 62.3 cm³/mol. The van der Waals surface area contributed by atoms with Crippen LogP contribution in [-0.2, 0) is 4.74 Å². The Hall–Kier alpha value is -0.190. The summed E-state index contributed by atoms with van der Waals surface area (Å²) in [6, 6.07) is 3.54. The SMILES string of the molecule is COC(=O)c1c(Cl)ccc(SC)c1Br. The molecule has 0 aromatic heterocycles. The molecule has 0 atom stereocenters. The summed E-state index contributed by atoms with van der Waals surface area (Å²) in [7, 11) is 1.33. The lowest BCUT2D eigenvalue weighted by molar-refractivity contribution is 0.0599. The summed E-state index contributed by atoms with van der Waals surface area (Å²) in [6.07, 6.45) is 1.93. The van der Waals surface area contributed by atoms with Gasteiger partial charge in [-0.25, -0.2) is 4.79 Å². The van der Waals surface area contributed by atoms with Crippen molar-refractivity contribution in [3.63, 3.8) is 0 Å². The second-order valence-corrected chi connectivity index (χ2v) is 4.48. The van der Waals surface area contributed by atoms with Crippen molar-refractivity contribution in [2.24, 2.45) is 0 Å². The van der Waals surface area contributed by atoms with E-state index in [9.17, 15) is 4.79 Å². The van der Waals surface area contributed by atoms with Crippen LogP contribution in [0.1, 0.15) is 10.4 Å². The van der Waals surface area contributed by atoms with Gasteiger partial charge in [0.2, 0.25) is 0 Å². The van der Waals surface area contributed by atoms with Crippen molar-refractivity contribution in [2.75, 3.05) is 13.4 Å². The Kier molecular flexibility index (Phi) is 4.29. The topological polar surface area (TPSA) is 26.3 Å². The number of carbonyl (C=O) groups excluding carboxylic acids is 1. The van der Waals surface area contributed by atoms with Gasteiger partial charge in [-0.1, -0.05) is 11.6 Å². The third kappa shape index (κ3) is 2.24. The summed E-state index contributed by atoms with van der Waals surface area (Å²) < 4.78 is 5.32. The zero-order valence-electron chi connectivity index (χ0n) is 7.64. The molecule has 0 aliphatic carbocycles. The quantitative estimate of drug-likeness (QED) is 0.616. The Morgan fingerprint density at radius 3 is 2.71 bits per heavy atom. The number of hydrogen-bond acceptors (Lipinski definition) is 3. The van der Waals surface area contributed by atoms with Crippen LogP contribution in [0.4, 0.5) is 0 Å². The Morgan fingerprint density at radius 2 is 2.21 bits per heavy atom. The fourth-order valence-corrected chi connectivity index (χ4v) is 2.81. The molecule has 14 heavy (non-hydrogen) atoms. The molecular weight excluding hydrogens is 288 g/mol. The maximum Gasteiger partial charge on any atom is 0.340 e. The number of thioether (sulfide) groups is 1. The molecule has 0 aliphatic heterocycles. The van der Waals surface area contributed by atoms with Gasteiger partial charge < -0.3 is 4.74 Å². The Bertz CT molecular complexity index is 368. The van der Waals surface area contributed by atoms with Crippen LogP contribution >= 0.6 is 39.3 Å². The van der Waals surface area contributed by atoms with E-state index in [1.165, 1.54) is 18.9 Å². The molecule has 2 nitrogen and oxygen atoms in total. The van der Waals surface area contributed by atoms with Crippen LogP contribution in [0.2, 0.25) is 5.02 Å². The molecule has 0 spiro atoms. The van der Waals surface area contributed by atoms with E-state index < -0.39 is 5.97 Å². The molecule has 0 aliphatic rings. The molecule has 5 heteroatoms. The molecule has 76 valence electrons. The minimum atomic E-state index is -0.433. The monoisotopic (exact) mass is 294 g/mol. The fraction of sp³-hybridized carbons (Fsp3) is 0.222. The molecule has 0 N–H and O–H groups in total. The van der Waals surface area contributed by atoms with Crippen LogP contribution in [0, 0.1) is 0 Å². The lowest BCUT2D eigenvalue weighted by Crippen LogP contribution is -2.03. The standard InChI is InChI=1S/C9H8BrClO2S/c1-13-9(12)7-5(11)3-4-6(14-2)8(7)10/h3-4H,1-2H3. The molecule has 0 amide bonds. The second kappa shape index (κ2) is 5.05. The van der Waals surface area contributed by atoms with Gasteiger partial charge in [0.05, 0.1) is 17.7 Å². The van der Waals surface area contributed by atoms with E-state index in [2.05, 4.69) is 20.7 Å². The minimum absolute atomic E-state index is 0.376. The highest BCUT2D eigenvalue weighted by atomic mass is 79.9. The maximum absolute atomic E-state index is 11.4. The average molecular weight is 296 g/mol. The first-order chi connectivity index (χ1) is 6.61. The Morgan fingerprint density at radius 1 is 1.57 bits per heavy atom. The summed E-state index contributed by atoms with van der Waals surface area (Å²) in [6.45, 7) is 0. The number of esters is 1. The number of rotatable bonds is 2. The largest absolute Gasteiger partial charge is 0.465 e. The highest BCUT2D eigenvalue weighted by molar-refractivity contribution is 9.10. The van der Waals surface area contributed by atoms with E-state index in [0.717, 1.165) is 4.90 Å². The number of benzene rings is 1. The fourth-order valence-electron chi connectivity index (χ4n) is 0.980. The summed E-state index contributed by atoms with van der Waals surface area (Å²) in [5.74, 6) is -0.433. The average Bonchev–Trinajstić information content (AvgIpc) is 2.18. The molecule has 0 fully saturated rings. The van der Waals surface area contributed by atoms with Crippen molar-refractivity contribution in [1.82, 2.24) is 0 Å². The van der Waals surface area contributed by atoms with E-state index in [0.29, 0.717) is 15.1 Å². The third-order valence-electron chi connectivity index (χ3n) is 1.67. The van der Waals surface area contributed by atoms with Gasteiger partial charge in [-0.15, -0.1) is 11.8 Å². The van der Waals surface area contributed by atoms with Gasteiger partial charge in [0.1, 0.15) is 0 Å². The number of carbonyl (C=O) groups is 1. The zero-order valence-corrected chi connectivity index (χ0v) is 10.8. The highest BCUT2D eigenvalue weighted by Gasteiger charge is 2.17. The van der Waals surface area contributed by atoms with Crippen LogP contribution < -0.4 is 0 Å². The molecule has 0 radical (unpaired) electrons. The minimum Gasteiger partial charge on any atom is -0.465 e. The Labute approximate surface area is 100 Å². The van der Waals surface area contributed by atoms with Gasteiger partial charge >= 0.3 is 5.97 Å². The van der Waals surface area contributed by atoms with Crippen LogP contribution in [0.5, 0.6) is 0 Å². The van der Waals surface area contributed by atoms with Crippen LogP contribution in [-0.4, -0.2) is 19.3 Å². The summed E-state index contributed by atoms with van der Waals surface area (Å²) >= 11 is 10.8. The van der Waals surface area contributed by atoms with Crippen molar-refractivity contribution < 1.29 is 9.53 Å². The van der Waals surface area contributed by atoms with Crippen molar-refractivity contribution in [2.45, 2.75) is 4.90 Å². The molecule has 0 unspecified atom stereocenters. The number of ether oxygens (including phenoxy) is 1. The normalized spacial score (nSPS) is 10.0. The van der Waals surface area contributed by atoms with Gasteiger partial charge in [-0.05, 0) is 34.3 Å². The van der Waals surface area contributed by atoms with E-state index in [1.54, 1.807) is 6.07 Å². The summed E-state index contributed by atoms with van der Waals surface area (Å²) in [5.41, 5.74) is 0.376. The lowest BCUT2D eigenvalue weighted by atomic mass is 10.2. The summed E-state index contributed by atoms with van der Waals surface area (Å²) in [5, 5.41) is 0.390. The molecule has 0 saturated carbocycles. The first-order valence-corrected chi connectivity index (χ1v) is 6.11. The predicted octanol–water partition coefficient (Wildman–Crippen LogP) is 3.61. The first-order valence-electron chi connectivity index (χ1n) is 3.72.